The van der Waals surface area contributed by atoms with Gasteiger partial charge in [-0.3, -0.25) is 29.3 Å². The van der Waals surface area contributed by atoms with Crippen LogP contribution in [0.25, 0.3) is 0 Å². The third-order valence-corrected chi connectivity index (χ3v) is 13.6. The Labute approximate surface area is 362 Å². The second-order valence-electron chi connectivity index (χ2n) is 16.0. The second-order valence-corrected chi connectivity index (χ2v) is 18.4. The number of nitro benzene ring substituents is 1. The highest BCUT2D eigenvalue weighted by Crippen LogP contribution is 2.44. The summed E-state index contributed by atoms with van der Waals surface area (Å²) in [7, 11) is -2.15. The summed E-state index contributed by atoms with van der Waals surface area (Å²) in [5, 5.41) is 14.8. The predicted molar refractivity (Wildman–Crippen MR) is 231 cm³/mol. The highest BCUT2D eigenvalue weighted by molar-refractivity contribution is 7.89. The van der Waals surface area contributed by atoms with Crippen molar-refractivity contribution in [2.24, 2.45) is 5.92 Å². The number of nitrogens with zero attached hydrogens (tertiary/aromatic N) is 4. The third kappa shape index (κ3) is 9.64. The average Bonchev–Trinajstić information content (AvgIpc) is 3.78. The maximum absolute atomic E-state index is 14.5. The smallest absolute Gasteiger partial charge is 0.310 e. The van der Waals surface area contributed by atoms with Crippen molar-refractivity contribution in [1.29, 1.82) is 0 Å². The Bertz CT molecular complexity index is 2370. The minimum atomic E-state index is -4.62. The van der Waals surface area contributed by atoms with Crippen LogP contribution < -0.4 is 5.32 Å². The fourth-order valence-corrected chi connectivity index (χ4v) is 9.65. The van der Waals surface area contributed by atoms with E-state index in [0.29, 0.717) is 34.8 Å². The van der Waals surface area contributed by atoms with E-state index < -0.39 is 84.8 Å². The van der Waals surface area contributed by atoms with E-state index in [1.165, 1.54) is 33.0 Å². The van der Waals surface area contributed by atoms with Gasteiger partial charge in [0.25, 0.3) is 15.7 Å². The molecule has 3 atom stereocenters. The van der Waals surface area contributed by atoms with Crippen LogP contribution in [0.5, 0.6) is 0 Å². The van der Waals surface area contributed by atoms with Crippen molar-refractivity contribution in [3.63, 3.8) is 0 Å². The predicted octanol–water partition coefficient (Wildman–Crippen LogP) is 6.47. The molecule has 0 saturated carbocycles. The van der Waals surface area contributed by atoms with Crippen molar-refractivity contribution >= 4 is 51.0 Å². The standard InChI is InChI=1S/C45H52ClN5O9S/c1-30(2)40(48(6)43(55)44(4,5)49(7)61(58,59)38-22-14-13-21-37(38)51(56)57)41(53)47-36(42(54)50-27-15-16-28-50)29-39(52)60-45(32-17-9-8-10-18-32,33-25-23-31(3)24-26-33)34-19-11-12-20-35(34)46/h8-14,17-26,30,36,40H,15-16,27-29H2,1-7H3,(H,47,53)/t36-,40-,45?/m0/s1. The van der Waals surface area contributed by atoms with Crippen LogP contribution in [-0.4, -0.2) is 95.9 Å². The minimum absolute atomic E-state index is 0.327. The Hall–Kier alpha value is -5.64. The van der Waals surface area contributed by atoms with Gasteiger partial charge < -0.3 is 19.9 Å². The molecule has 1 unspecified atom stereocenters. The lowest BCUT2D eigenvalue weighted by molar-refractivity contribution is -0.387. The lowest BCUT2D eigenvalue weighted by Gasteiger charge is -2.40. The number of aryl methyl sites for hydroxylation is 1. The summed E-state index contributed by atoms with van der Waals surface area (Å²) in [6.45, 7) is 8.78. The molecule has 61 heavy (non-hydrogen) atoms. The molecular weight excluding hydrogens is 822 g/mol. The number of esters is 1. The topological polar surface area (TPSA) is 177 Å². The number of carbonyl (C=O) groups excluding carboxylic acids is 4. The highest BCUT2D eigenvalue weighted by Gasteiger charge is 2.47. The number of sulfonamides is 1. The van der Waals surface area contributed by atoms with E-state index >= 15 is 0 Å². The molecule has 1 heterocycles. The first kappa shape index (κ1) is 46.4. The molecule has 324 valence electrons. The van der Waals surface area contributed by atoms with Gasteiger partial charge in [0.05, 0.1) is 11.3 Å². The lowest BCUT2D eigenvalue weighted by atomic mass is 9.79. The van der Waals surface area contributed by atoms with Crippen LogP contribution >= 0.6 is 11.6 Å². The number of likely N-dealkylation sites (N-methyl/N-ethyl adjacent to an activating group) is 2. The van der Waals surface area contributed by atoms with Gasteiger partial charge in [-0.2, -0.15) is 4.31 Å². The Morgan fingerprint density at radius 1 is 0.869 bits per heavy atom. The van der Waals surface area contributed by atoms with Crippen LogP contribution in [0.3, 0.4) is 0 Å². The van der Waals surface area contributed by atoms with E-state index in [0.717, 1.165) is 46.8 Å². The third-order valence-electron chi connectivity index (χ3n) is 11.2. The van der Waals surface area contributed by atoms with E-state index in [2.05, 4.69) is 5.32 Å². The minimum Gasteiger partial charge on any atom is -0.444 e. The van der Waals surface area contributed by atoms with Gasteiger partial charge in [0, 0.05) is 55.0 Å². The van der Waals surface area contributed by atoms with Gasteiger partial charge >= 0.3 is 5.97 Å². The molecule has 0 radical (unpaired) electrons. The number of halogens is 1. The highest BCUT2D eigenvalue weighted by atomic mass is 35.5. The molecule has 0 bridgehead atoms. The summed E-state index contributed by atoms with van der Waals surface area (Å²) in [5.41, 5.74) is -1.49. The van der Waals surface area contributed by atoms with Crippen molar-refractivity contribution < 1.29 is 37.3 Å². The number of benzene rings is 4. The first-order chi connectivity index (χ1) is 28.7. The summed E-state index contributed by atoms with van der Waals surface area (Å²) < 4.78 is 34.9. The molecule has 1 saturated heterocycles. The van der Waals surface area contributed by atoms with Crippen molar-refractivity contribution in [3.05, 3.63) is 141 Å². The van der Waals surface area contributed by atoms with Gasteiger partial charge in [-0.1, -0.05) is 116 Å². The van der Waals surface area contributed by atoms with E-state index in [9.17, 15) is 37.7 Å². The molecule has 16 heteroatoms. The SMILES string of the molecule is Cc1ccc(C(OC(=O)C[C@H](NC(=O)[C@H](C(C)C)N(C)C(=O)C(C)(C)N(C)S(=O)(=O)c2ccccc2[N+](=O)[O-])C(=O)N2CCCC2)(c2ccccc2)c2ccccc2Cl)cc1. The van der Waals surface area contributed by atoms with Crippen molar-refractivity contribution in [3.8, 4) is 0 Å². The Morgan fingerprint density at radius 3 is 2.02 bits per heavy atom. The number of nitro groups is 1. The summed E-state index contributed by atoms with van der Waals surface area (Å²) in [5.74, 6) is -3.48. The largest absolute Gasteiger partial charge is 0.444 e. The number of rotatable bonds is 16. The van der Waals surface area contributed by atoms with Crippen LogP contribution in [0.1, 0.15) is 69.2 Å². The Kier molecular flexibility index (Phi) is 14.4. The van der Waals surface area contributed by atoms with Gasteiger partial charge in [0.15, 0.2) is 10.5 Å². The van der Waals surface area contributed by atoms with E-state index in [4.69, 9.17) is 16.3 Å². The molecule has 0 aromatic heterocycles. The molecule has 0 spiro atoms. The summed E-state index contributed by atoms with van der Waals surface area (Å²) in [4.78, 5) is 70.5. The first-order valence-corrected chi connectivity index (χ1v) is 21.7. The van der Waals surface area contributed by atoms with Crippen molar-refractivity contribution in [1.82, 2.24) is 19.4 Å². The maximum Gasteiger partial charge on any atom is 0.310 e. The van der Waals surface area contributed by atoms with Crippen molar-refractivity contribution in [2.75, 3.05) is 27.2 Å². The van der Waals surface area contributed by atoms with Gasteiger partial charge in [-0.05, 0) is 51.7 Å². The van der Waals surface area contributed by atoms with Crippen LogP contribution in [-0.2, 0) is 39.5 Å². The van der Waals surface area contributed by atoms with Gasteiger partial charge in [-0.25, -0.2) is 8.42 Å². The molecule has 1 aliphatic heterocycles. The summed E-state index contributed by atoms with van der Waals surface area (Å²) in [6.07, 6.45) is 0.881. The monoisotopic (exact) mass is 873 g/mol. The fraction of sp³-hybridized carbons (Fsp3) is 0.378. The number of amides is 3. The zero-order valence-electron chi connectivity index (χ0n) is 35.3. The van der Waals surface area contributed by atoms with Gasteiger partial charge in [-0.15, -0.1) is 0 Å². The molecule has 1 N–H and O–H groups in total. The Morgan fingerprint density at radius 2 is 1.43 bits per heavy atom. The van der Waals surface area contributed by atoms with Crippen LogP contribution in [0, 0.1) is 23.0 Å². The molecule has 3 amide bonds. The zero-order valence-corrected chi connectivity index (χ0v) is 36.9. The van der Waals surface area contributed by atoms with Gasteiger partial charge in [0.1, 0.15) is 17.6 Å². The molecule has 0 aliphatic carbocycles. The lowest BCUT2D eigenvalue weighted by Crippen LogP contribution is -2.62. The number of para-hydroxylation sites is 1. The molecule has 5 rings (SSSR count). The summed E-state index contributed by atoms with van der Waals surface area (Å²) >= 11 is 6.88. The number of carbonyl (C=O) groups is 4. The molecule has 14 nitrogen and oxygen atoms in total. The number of likely N-dealkylation sites (tertiary alicyclic amines) is 1. The number of hydrogen-bond acceptors (Lipinski definition) is 9. The number of hydrogen-bond donors (Lipinski definition) is 1. The number of nitrogens with one attached hydrogen (secondary N) is 1. The first-order valence-electron chi connectivity index (χ1n) is 19.9. The second kappa shape index (κ2) is 19.0. The molecule has 1 aliphatic rings. The molecule has 4 aromatic carbocycles. The maximum atomic E-state index is 14.5. The number of ether oxygens (including phenoxy) is 1. The van der Waals surface area contributed by atoms with E-state index in [1.807, 2.05) is 61.5 Å². The van der Waals surface area contributed by atoms with Crippen LogP contribution in [0.4, 0.5) is 5.69 Å². The average molecular weight is 874 g/mol. The van der Waals surface area contributed by atoms with E-state index in [1.54, 1.807) is 43.0 Å². The quantitative estimate of drug-likeness (QED) is 0.0572. The van der Waals surface area contributed by atoms with Crippen LogP contribution in [0.15, 0.2) is 108 Å². The zero-order chi connectivity index (χ0) is 44.9. The Balaban J connectivity index is 1.49. The van der Waals surface area contributed by atoms with Gasteiger partial charge in [0.2, 0.25) is 17.7 Å². The molecule has 1 fully saturated rings. The summed E-state index contributed by atoms with van der Waals surface area (Å²) in [6, 6.07) is 25.7. The normalized spacial score (nSPS) is 15.1. The molecule has 4 aromatic rings. The molecular formula is C45H52ClN5O9S. The fourth-order valence-electron chi connectivity index (χ4n) is 7.75. The van der Waals surface area contributed by atoms with Crippen LogP contribution in [0.2, 0.25) is 5.02 Å². The van der Waals surface area contributed by atoms with E-state index in [-0.39, 0.29) is 0 Å². The van der Waals surface area contributed by atoms with Crippen molar-refractivity contribution in [2.45, 2.75) is 82.0 Å².